The maximum Gasteiger partial charge on any atom is 0.326 e. The lowest BCUT2D eigenvalue weighted by atomic mass is 10.2. The Hall–Kier alpha value is -2.83. The second kappa shape index (κ2) is 7.59. The predicted molar refractivity (Wildman–Crippen MR) is 101 cm³/mol. The van der Waals surface area contributed by atoms with Gasteiger partial charge in [-0.25, -0.2) is 9.48 Å². The second-order valence-electron chi connectivity index (χ2n) is 5.43. The summed E-state index contributed by atoms with van der Waals surface area (Å²) in [5.74, 6) is -0.553. The maximum atomic E-state index is 12.4. The van der Waals surface area contributed by atoms with E-state index in [0.717, 1.165) is 5.69 Å². The molecular formula is C18H14Cl2N4O2. The van der Waals surface area contributed by atoms with Gasteiger partial charge in [0.15, 0.2) is 0 Å². The Labute approximate surface area is 159 Å². The third-order valence-corrected chi connectivity index (χ3v) is 4.40. The zero-order valence-electron chi connectivity index (χ0n) is 13.7. The van der Waals surface area contributed by atoms with Crippen LogP contribution in [0.4, 0.5) is 10.5 Å². The molecule has 0 aliphatic carbocycles. The third kappa shape index (κ3) is 3.87. The first-order chi connectivity index (χ1) is 12.5. The van der Waals surface area contributed by atoms with Crippen molar-refractivity contribution in [1.29, 1.82) is 0 Å². The number of hydrogen-bond acceptors (Lipinski definition) is 3. The number of rotatable bonds is 3. The summed E-state index contributed by atoms with van der Waals surface area (Å²) in [6.07, 6.45) is 1.42. The van der Waals surface area contributed by atoms with Gasteiger partial charge in [0.2, 0.25) is 0 Å². The van der Waals surface area contributed by atoms with E-state index in [4.69, 9.17) is 23.2 Å². The summed E-state index contributed by atoms with van der Waals surface area (Å²) in [6, 6.07) is 13.3. The summed E-state index contributed by atoms with van der Waals surface area (Å²) >= 11 is 11.7. The Kier molecular flexibility index (Phi) is 5.25. The Morgan fingerprint density at radius 2 is 1.77 bits per heavy atom. The van der Waals surface area contributed by atoms with Crippen molar-refractivity contribution in [3.63, 3.8) is 0 Å². The van der Waals surface area contributed by atoms with Gasteiger partial charge in [0.1, 0.15) is 0 Å². The third-order valence-electron chi connectivity index (χ3n) is 3.66. The molecule has 0 aliphatic heterocycles. The minimum atomic E-state index is -0.680. The molecule has 0 unspecified atom stereocenters. The van der Waals surface area contributed by atoms with E-state index in [9.17, 15) is 9.59 Å². The molecule has 26 heavy (non-hydrogen) atoms. The Bertz CT molecular complexity index is 971. The highest BCUT2D eigenvalue weighted by molar-refractivity contribution is 6.42. The number of amides is 3. The smallest absolute Gasteiger partial charge is 0.308 e. The number of carbonyl (C=O) groups is 2. The van der Waals surface area contributed by atoms with E-state index in [0.29, 0.717) is 27.0 Å². The molecule has 8 heteroatoms. The number of nitrogens with one attached hydrogen (secondary N) is 2. The molecule has 0 atom stereocenters. The summed E-state index contributed by atoms with van der Waals surface area (Å²) in [4.78, 5) is 24.4. The number of nitrogens with zero attached hydrogens (tertiary/aromatic N) is 2. The van der Waals surface area contributed by atoms with Crippen molar-refractivity contribution in [3.8, 4) is 5.69 Å². The van der Waals surface area contributed by atoms with Gasteiger partial charge in [0, 0.05) is 5.69 Å². The first-order valence-corrected chi connectivity index (χ1v) is 8.38. The largest absolute Gasteiger partial charge is 0.326 e. The molecule has 2 N–H and O–H groups in total. The number of urea groups is 1. The Morgan fingerprint density at radius 3 is 2.46 bits per heavy atom. The van der Waals surface area contributed by atoms with Crippen LogP contribution in [0.25, 0.3) is 5.69 Å². The van der Waals surface area contributed by atoms with Gasteiger partial charge in [-0.1, -0.05) is 41.4 Å². The second-order valence-corrected chi connectivity index (χ2v) is 6.24. The van der Waals surface area contributed by atoms with Crippen LogP contribution in [0.1, 0.15) is 16.1 Å². The summed E-state index contributed by atoms with van der Waals surface area (Å²) in [5, 5.41) is 9.68. The lowest BCUT2D eigenvalue weighted by Gasteiger charge is -2.08. The lowest BCUT2D eigenvalue weighted by molar-refractivity contribution is 0.0966. The average molecular weight is 389 g/mol. The van der Waals surface area contributed by atoms with Crippen molar-refractivity contribution < 1.29 is 9.59 Å². The van der Waals surface area contributed by atoms with Gasteiger partial charge >= 0.3 is 6.03 Å². The number of aromatic nitrogens is 2. The molecular weight excluding hydrogens is 375 g/mol. The van der Waals surface area contributed by atoms with Gasteiger partial charge < -0.3 is 5.32 Å². The molecule has 2 aromatic carbocycles. The SMILES string of the molecule is Cc1c(C(=O)NC(=O)Nc2ccc(Cl)c(Cl)c2)cnn1-c1ccccc1. The van der Waals surface area contributed by atoms with Crippen molar-refractivity contribution in [2.45, 2.75) is 6.92 Å². The molecule has 0 saturated heterocycles. The highest BCUT2D eigenvalue weighted by atomic mass is 35.5. The fourth-order valence-electron chi connectivity index (χ4n) is 2.37. The Balaban J connectivity index is 1.71. The van der Waals surface area contributed by atoms with Gasteiger partial charge in [-0.3, -0.25) is 10.1 Å². The van der Waals surface area contributed by atoms with Gasteiger partial charge in [0.05, 0.1) is 33.2 Å². The van der Waals surface area contributed by atoms with Gasteiger partial charge in [-0.15, -0.1) is 0 Å². The van der Waals surface area contributed by atoms with E-state index in [1.54, 1.807) is 23.7 Å². The molecule has 3 amide bonds. The summed E-state index contributed by atoms with van der Waals surface area (Å²) in [7, 11) is 0. The summed E-state index contributed by atoms with van der Waals surface area (Å²) < 4.78 is 1.63. The van der Waals surface area contributed by atoms with Crippen LogP contribution >= 0.6 is 23.2 Å². The quantitative estimate of drug-likeness (QED) is 0.695. The average Bonchev–Trinajstić information content (AvgIpc) is 3.00. The van der Waals surface area contributed by atoms with E-state index in [1.807, 2.05) is 30.3 Å². The minimum Gasteiger partial charge on any atom is -0.308 e. The lowest BCUT2D eigenvalue weighted by Crippen LogP contribution is -2.34. The monoisotopic (exact) mass is 388 g/mol. The molecule has 1 aromatic heterocycles. The zero-order chi connectivity index (χ0) is 18.7. The topological polar surface area (TPSA) is 76.0 Å². The van der Waals surface area contributed by atoms with E-state index in [2.05, 4.69) is 15.7 Å². The molecule has 6 nitrogen and oxygen atoms in total. The van der Waals surface area contributed by atoms with Gasteiger partial charge in [0.25, 0.3) is 5.91 Å². The van der Waals surface area contributed by atoms with Crippen LogP contribution < -0.4 is 10.6 Å². The van der Waals surface area contributed by atoms with E-state index in [-0.39, 0.29) is 0 Å². The van der Waals surface area contributed by atoms with Crippen LogP contribution in [0.15, 0.2) is 54.7 Å². The van der Waals surface area contributed by atoms with E-state index in [1.165, 1.54) is 12.3 Å². The summed E-state index contributed by atoms with van der Waals surface area (Å²) in [5.41, 5.74) is 2.17. The van der Waals surface area contributed by atoms with Crippen molar-refractivity contribution in [1.82, 2.24) is 15.1 Å². The number of carbonyl (C=O) groups excluding carboxylic acids is 2. The van der Waals surface area contributed by atoms with Crippen LogP contribution in [0, 0.1) is 6.92 Å². The fraction of sp³-hybridized carbons (Fsp3) is 0.0556. The van der Waals surface area contributed by atoms with E-state index < -0.39 is 11.9 Å². The normalized spacial score (nSPS) is 10.4. The first kappa shape index (κ1) is 18.0. The number of imide groups is 1. The van der Waals surface area contributed by atoms with Gasteiger partial charge in [-0.05, 0) is 37.3 Å². The first-order valence-electron chi connectivity index (χ1n) is 7.63. The van der Waals surface area contributed by atoms with Crippen LogP contribution in [0.3, 0.4) is 0 Å². The zero-order valence-corrected chi connectivity index (χ0v) is 15.2. The highest BCUT2D eigenvalue weighted by Gasteiger charge is 2.17. The molecule has 0 spiro atoms. The van der Waals surface area contributed by atoms with Gasteiger partial charge in [-0.2, -0.15) is 5.10 Å². The molecule has 3 aromatic rings. The minimum absolute atomic E-state index is 0.302. The van der Waals surface area contributed by atoms with Crippen LogP contribution in [-0.2, 0) is 0 Å². The fourth-order valence-corrected chi connectivity index (χ4v) is 2.67. The molecule has 0 radical (unpaired) electrons. The molecule has 0 bridgehead atoms. The van der Waals surface area contributed by atoms with Crippen LogP contribution in [0.5, 0.6) is 0 Å². The van der Waals surface area contributed by atoms with Crippen LogP contribution in [0.2, 0.25) is 10.0 Å². The van der Waals surface area contributed by atoms with Crippen molar-refractivity contribution in [2.24, 2.45) is 0 Å². The molecule has 0 fully saturated rings. The maximum absolute atomic E-state index is 12.4. The number of anilines is 1. The number of para-hydroxylation sites is 1. The standard InChI is InChI=1S/C18H14Cl2N4O2/c1-11-14(10-21-24(11)13-5-3-2-4-6-13)17(25)23-18(26)22-12-7-8-15(19)16(20)9-12/h2-10H,1H3,(H2,22,23,25,26). The predicted octanol–water partition coefficient (Wildman–Crippen LogP) is 4.45. The highest BCUT2D eigenvalue weighted by Crippen LogP contribution is 2.25. The molecule has 0 saturated carbocycles. The van der Waals surface area contributed by atoms with Crippen molar-refractivity contribution in [3.05, 3.63) is 76.0 Å². The summed E-state index contributed by atoms with van der Waals surface area (Å²) in [6.45, 7) is 1.76. The van der Waals surface area contributed by atoms with E-state index >= 15 is 0 Å². The molecule has 1 heterocycles. The molecule has 0 aliphatic rings. The number of hydrogen-bond donors (Lipinski definition) is 2. The van der Waals surface area contributed by atoms with Crippen LogP contribution in [-0.4, -0.2) is 21.7 Å². The number of benzene rings is 2. The molecule has 3 rings (SSSR count). The molecule has 132 valence electrons. The van der Waals surface area contributed by atoms with Crippen molar-refractivity contribution >= 4 is 40.8 Å². The number of halogens is 2. The Morgan fingerprint density at radius 1 is 1.04 bits per heavy atom. The van der Waals surface area contributed by atoms with Crippen molar-refractivity contribution in [2.75, 3.05) is 5.32 Å².